The van der Waals surface area contributed by atoms with E-state index >= 15 is 0 Å². The van der Waals surface area contributed by atoms with E-state index in [9.17, 15) is 10.2 Å². The minimum atomic E-state index is 0.152. The third-order valence-corrected chi connectivity index (χ3v) is 6.71. The van der Waals surface area contributed by atoms with E-state index in [2.05, 4.69) is 72.2 Å². The number of aliphatic hydroxyl groups excluding tert-OH is 1. The summed E-state index contributed by atoms with van der Waals surface area (Å²) in [6, 6.07) is 27.3. The first kappa shape index (κ1) is 24.1. The van der Waals surface area contributed by atoms with Gasteiger partial charge < -0.3 is 15.1 Å². The Bertz CT molecular complexity index is 1080. The number of allylic oxidation sites excluding steroid dienone is 1. The number of hydrogen-bond acceptors (Lipinski definition) is 4. The van der Waals surface area contributed by atoms with E-state index in [1.165, 1.54) is 11.3 Å². The summed E-state index contributed by atoms with van der Waals surface area (Å²) in [5.41, 5.74) is 6.99. The Kier molecular flexibility index (Phi) is 8.04. The van der Waals surface area contributed by atoms with Crippen LogP contribution in [0.2, 0.25) is 0 Å². The molecule has 3 aromatic carbocycles. The van der Waals surface area contributed by atoms with Crippen LogP contribution in [-0.4, -0.2) is 53.9 Å². The lowest BCUT2D eigenvalue weighted by Gasteiger charge is -2.38. The fraction of sp³-hybridized carbons (Fsp3) is 0.333. The zero-order valence-corrected chi connectivity index (χ0v) is 20.3. The Labute approximate surface area is 203 Å². The number of anilines is 1. The molecule has 0 saturated carbocycles. The van der Waals surface area contributed by atoms with E-state index in [4.69, 9.17) is 0 Å². The largest absolute Gasteiger partial charge is 0.508 e. The van der Waals surface area contributed by atoms with Gasteiger partial charge in [-0.1, -0.05) is 54.6 Å². The summed E-state index contributed by atoms with van der Waals surface area (Å²) < 4.78 is 0. The molecule has 4 heteroatoms. The van der Waals surface area contributed by atoms with Crippen molar-refractivity contribution in [2.24, 2.45) is 0 Å². The second-order valence-electron chi connectivity index (χ2n) is 9.26. The maximum Gasteiger partial charge on any atom is 0.115 e. The standard InChI is InChI=1S/C30H36N2O2/c1-23(2)31-17-19-32(20-18-31)27-11-6-10-26(22-27)30(25-13-15-28(34)16-14-25)29(12-7-21-33)24-8-4-3-5-9-24/h3-6,8-11,13-16,22-23,33-34H,7,12,17-21H2,1-2H3. The van der Waals surface area contributed by atoms with Crippen LogP contribution in [0.3, 0.4) is 0 Å². The predicted molar refractivity (Wildman–Crippen MR) is 142 cm³/mol. The maximum absolute atomic E-state index is 9.92. The molecule has 0 aliphatic carbocycles. The first-order valence-electron chi connectivity index (χ1n) is 12.3. The van der Waals surface area contributed by atoms with Gasteiger partial charge in [0.15, 0.2) is 0 Å². The van der Waals surface area contributed by atoms with Crippen molar-refractivity contribution in [2.45, 2.75) is 32.7 Å². The number of phenolic OH excluding ortho intramolecular Hbond substituents is 1. The molecule has 2 N–H and O–H groups in total. The second-order valence-corrected chi connectivity index (χ2v) is 9.26. The van der Waals surface area contributed by atoms with E-state index in [-0.39, 0.29) is 12.4 Å². The van der Waals surface area contributed by atoms with Crippen molar-refractivity contribution in [3.63, 3.8) is 0 Å². The highest BCUT2D eigenvalue weighted by molar-refractivity contribution is 5.99. The van der Waals surface area contributed by atoms with Crippen LogP contribution in [0.4, 0.5) is 5.69 Å². The highest BCUT2D eigenvalue weighted by Gasteiger charge is 2.20. The molecule has 0 amide bonds. The lowest BCUT2D eigenvalue weighted by molar-refractivity contribution is 0.209. The summed E-state index contributed by atoms with van der Waals surface area (Å²) in [6.07, 6.45) is 1.47. The highest BCUT2D eigenvalue weighted by Crippen LogP contribution is 2.37. The Morgan fingerprint density at radius 1 is 0.794 bits per heavy atom. The molecule has 1 aliphatic rings. The molecule has 0 bridgehead atoms. The predicted octanol–water partition coefficient (Wildman–Crippen LogP) is 5.65. The molecule has 0 atom stereocenters. The molecule has 34 heavy (non-hydrogen) atoms. The van der Waals surface area contributed by atoms with Gasteiger partial charge in [-0.05, 0) is 78.8 Å². The normalized spacial score (nSPS) is 15.5. The van der Waals surface area contributed by atoms with E-state index in [0.29, 0.717) is 12.5 Å². The minimum absolute atomic E-state index is 0.152. The molecule has 1 heterocycles. The summed E-state index contributed by atoms with van der Waals surface area (Å²) in [7, 11) is 0. The van der Waals surface area contributed by atoms with Gasteiger partial charge in [-0.3, -0.25) is 4.90 Å². The zero-order chi connectivity index (χ0) is 23.9. The molecule has 0 unspecified atom stereocenters. The topological polar surface area (TPSA) is 46.9 Å². The molecule has 4 nitrogen and oxygen atoms in total. The van der Waals surface area contributed by atoms with Crippen LogP contribution in [0.25, 0.3) is 11.1 Å². The molecule has 1 aliphatic heterocycles. The van der Waals surface area contributed by atoms with Crippen LogP contribution in [-0.2, 0) is 0 Å². The number of rotatable bonds is 8. The van der Waals surface area contributed by atoms with E-state index in [1.807, 2.05) is 18.2 Å². The van der Waals surface area contributed by atoms with Gasteiger partial charge >= 0.3 is 0 Å². The Balaban J connectivity index is 1.79. The average molecular weight is 457 g/mol. The Morgan fingerprint density at radius 3 is 2.12 bits per heavy atom. The van der Waals surface area contributed by atoms with Crippen molar-refractivity contribution in [1.82, 2.24) is 4.90 Å². The van der Waals surface area contributed by atoms with E-state index in [1.54, 1.807) is 12.1 Å². The van der Waals surface area contributed by atoms with Gasteiger partial charge in [-0.2, -0.15) is 0 Å². The van der Waals surface area contributed by atoms with Crippen molar-refractivity contribution in [2.75, 3.05) is 37.7 Å². The molecular formula is C30H36N2O2. The number of piperazine rings is 1. The quantitative estimate of drug-likeness (QED) is 0.430. The van der Waals surface area contributed by atoms with Crippen LogP contribution >= 0.6 is 0 Å². The first-order chi connectivity index (χ1) is 16.6. The molecular weight excluding hydrogens is 420 g/mol. The molecule has 1 saturated heterocycles. The van der Waals surface area contributed by atoms with Crippen molar-refractivity contribution < 1.29 is 10.2 Å². The summed E-state index contributed by atoms with van der Waals surface area (Å²) in [6.45, 7) is 8.89. The van der Waals surface area contributed by atoms with Crippen molar-refractivity contribution >= 4 is 16.8 Å². The van der Waals surface area contributed by atoms with E-state index in [0.717, 1.165) is 54.9 Å². The lowest BCUT2D eigenvalue weighted by atomic mass is 9.87. The molecule has 3 aromatic rings. The fourth-order valence-electron chi connectivity index (χ4n) is 4.81. The van der Waals surface area contributed by atoms with Crippen LogP contribution < -0.4 is 4.90 Å². The number of hydrogen-bond donors (Lipinski definition) is 2. The summed E-state index contributed by atoms with van der Waals surface area (Å²) in [4.78, 5) is 5.01. The van der Waals surface area contributed by atoms with Crippen LogP contribution in [0, 0.1) is 0 Å². The molecule has 0 radical (unpaired) electrons. The van der Waals surface area contributed by atoms with Crippen molar-refractivity contribution in [3.05, 3.63) is 95.6 Å². The minimum Gasteiger partial charge on any atom is -0.508 e. The van der Waals surface area contributed by atoms with Gasteiger partial charge in [0, 0.05) is 44.5 Å². The van der Waals surface area contributed by atoms with Gasteiger partial charge in [0.05, 0.1) is 0 Å². The lowest BCUT2D eigenvalue weighted by Crippen LogP contribution is -2.48. The van der Waals surface area contributed by atoms with Crippen LogP contribution in [0.1, 0.15) is 43.4 Å². The first-order valence-corrected chi connectivity index (χ1v) is 12.3. The molecule has 4 rings (SSSR count). The van der Waals surface area contributed by atoms with Crippen LogP contribution in [0.15, 0.2) is 78.9 Å². The molecule has 178 valence electrons. The van der Waals surface area contributed by atoms with Crippen molar-refractivity contribution in [1.29, 1.82) is 0 Å². The number of aromatic hydroxyl groups is 1. The highest BCUT2D eigenvalue weighted by atomic mass is 16.3. The monoisotopic (exact) mass is 456 g/mol. The van der Waals surface area contributed by atoms with Crippen LogP contribution in [0.5, 0.6) is 5.75 Å². The van der Waals surface area contributed by atoms with Crippen molar-refractivity contribution in [3.8, 4) is 5.75 Å². The van der Waals surface area contributed by atoms with Gasteiger partial charge in [0.25, 0.3) is 0 Å². The maximum atomic E-state index is 9.92. The van der Waals surface area contributed by atoms with E-state index < -0.39 is 0 Å². The molecule has 1 fully saturated rings. The molecule has 0 spiro atoms. The Hall–Kier alpha value is -3.08. The van der Waals surface area contributed by atoms with Gasteiger partial charge in [-0.25, -0.2) is 0 Å². The Morgan fingerprint density at radius 2 is 1.47 bits per heavy atom. The SMILES string of the molecule is CC(C)N1CCN(c2cccc(C(=C(CCCO)c3ccccc3)c3ccc(O)cc3)c2)CC1. The smallest absolute Gasteiger partial charge is 0.115 e. The third-order valence-electron chi connectivity index (χ3n) is 6.71. The molecule has 0 aromatic heterocycles. The summed E-state index contributed by atoms with van der Waals surface area (Å²) in [5, 5.41) is 19.6. The summed E-state index contributed by atoms with van der Waals surface area (Å²) in [5.74, 6) is 0.261. The fourth-order valence-corrected chi connectivity index (χ4v) is 4.81. The number of nitrogens with zero attached hydrogens (tertiary/aromatic N) is 2. The average Bonchev–Trinajstić information content (AvgIpc) is 2.88. The summed E-state index contributed by atoms with van der Waals surface area (Å²) >= 11 is 0. The van der Waals surface area contributed by atoms with Gasteiger partial charge in [-0.15, -0.1) is 0 Å². The number of benzene rings is 3. The number of aliphatic hydroxyl groups is 1. The zero-order valence-electron chi connectivity index (χ0n) is 20.3. The van der Waals surface area contributed by atoms with Gasteiger partial charge in [0.2, 0.25) is 0 Å². The third kappa shape index (κ3) is 5.69. The van der Waals surface area contributed by atoms with Gasteiger partial charge in [0.1, 0.15) is 5.75 Å². The second kappa shape index (κ2) is 11.4. The number of phenols is 1.